The van der Waals surface area contributed by atoms with Crippen LogP contribution in [0.1, 0.15) is 35.2 Å². The van der Waals surface area contributed by atoms with E-state index in [0.29, 0.717) is 24.7 Å². The Balaban J connectivity index is 1.25. The van der Waals surface area contributed by atoms with Gasteiger partial charge in [-0.2, -0.15) is 0 Å². The van der Waals surface area contributed by atoms with Gasteiger partial charge in [0.15, 0.2) is 28.7 Å². The number of para-hydroxylation sites is 2. The number of rotatable bonds is 7. The molecule has 0 radical (unpaired) electrons. The Morgan fingerprint density at radius 2 is 1.83 bits per heavy atom. The highest BCUT2D eigenvalue weighted by Gasteiger charge is 2.25. The van der Waals surface area contributed by atoms with Crippen molar-refractivity contribution in [3.63, 3.8) is 0 Å². The maximum absolute atomic E-state index is 12.5. The first-order valence-electron chi connectivity index (χ1n) is 12.3. The SMILES string of the molecule is O=C(CC1CC1)c1ccc(-c2cnc3c(NCc4ccc5c(c4)OCO5)nc4ccccc4n23)cc1. The molecule has 3 heterocycles. The van der Waals surface area contributed by atoms with Crippen molar-refractivity contribution in [2.75, 3.05) is 12.1 Å². The number of anilines is 1. The van der Waals surface area contributed by atoms with Crippen LogP contribution in [0, 0.1) is 5.92 Å². The molecule has 5 aromatic rings. The van der Waals surface area contributed by atoms with Crippen molar-refractivity contribution in [1.82, 2.24) is 14.4 Å². The highest BCUT2D eigenvalue weighted by molar-refractivity contribution is 5.97. The zero-order valence-corrected chi connectivity index (χ0v) is 19.6. The lowest BCUT2D eigenvalue weighted by molar-refractivity contribution is 0.0976. The molecule has 178 valence electrons. The molecule has 7 nitrogen and oxygen atoms in total. The fourth-order valence-electron chi connectivity index (χ4n) is 4.77. The van der Waals surface area contributed by atoms with Crippen molar-refractivity contribution in [2.45, 2.75) is 25.8 Å². The number of carbonyl (C=O) groups is 1. The minimum Gasteiger partial charge on any atom is -0.454 e. The average Bonchev–Trinajstić information content (AvgIpc) is 3.41. The molecule has 0 amide bonds. The average molecular weight is 477 g/mol. The quantitative estimate of drug-likeness (QED) is 0.296. The number of hydrogen-bond acceptors (Lipinski definition) is 6. The Morgan fingerprint density at radius 3 is 2.69 bits per heavy atom. The zero-order valence-electron chi connectivity index (χ0n) is 19.6. The van der Waals surface area contributed by atoms with Crippen LogP contribution in [0.4, 0.5) is 5.82 Å². The first-order chi connectivity index (χ1) is 17.7. The minimum absolute atomic E-state index is 0.229. The van der Waals surface area contributed by atoms with Crippen molar-refractivity contribution in [3.05, 3.63) is 84.1 Å². The summed E-state index contributed by atoms with van der Waals surface area (Å²) in [4.78, 5) is 22.1. The van der Waals surface area contributed by atoms with Gasteiger partial charge in [-0.05, 0) is 48.6 Å². The number of ketones is 1. The van der Waals surface area contributed by atoms with E-state index in [1.54, 1.807) is 0 Å². The Hall–Kier alpha value is -4.39. The van der Waals surface area contributed by atoms with Gasteiger partial charge < -0.3 is 14.8 Å². The molecule has 3 aromatic carbocycles. The lowest BCUT2D eigenvalue weighted by Crippen LogP contribution is -2.05. The largest absolute Gasteiger partial charge is 0.454 e. The Bertz CT molecular complexity index is 1620. The maximum atomic E-state index is 12.5. The summed E-state index contributed by atoms with van der Waals surface area (Å²) < 4.78 is 13.1. The minimum atomic E-state index is 0.229. The third-order valence-corrected chi connectivity index (χ3v) is 6.90. The summed E-state index contributed by atoms with van der Waals surface area (Å²) in [5, 5.41) is 3.46. The van der Waals surface area contributed by atoms with E-state index in [1.807, 2.05) is 66.9 Å². The van der Waals surface area contributed by atoms with Gasteiger partial charge in [-0.1, -0.05) is 42.5 Å². The molecule has 0 spiro atoms. The predicted molar refractivity (Wildman–Crippen MR) is 137 cm³/mol. The van der Waals surface area contributed by atoms with Gasteiger partial charge in [0.2, 0.25) is 6.79 Å². The van der Waals surface area contributed by atoms with Crippen LogP contribution in [0.3, 0.4) is 0 Å². The number of hydrogen-bond donors (Lipinski definition) is 1. The highest BCUT2D eigenvalue weighted by atomic mass is 16.7. The topological polar surface area (TPSA) is 77.8 Å². The number of nitrogens with zero attached hydrogens (tertiary/aromatic N) is 3. The molecule has 2 aromatic heterocycles. The van der Waals surface area contributed by atoms with Crippen molar-refractivity contribution < 1.29 is 14.3 Å². The summed E-state index contributed by atoms with van der Waals surface area (Å²) in [7, 11) is 0. The van der Waals surface area contributed by atoms with E-state index in [-0.39, 0.29) is 12.6 Å². The summed E-state index contributed by atoms with van der Waals surface area (Å²) in [5.74, 6) is 3.04. The van der Waals surface area contributed by atoms with Gasteiger partial charge in [-0.25, -0.2) is 9.97 Å². The molecule has 0 saturated heterocycles. The first kappa shape index (κ1) is 20.9. The number of aromatic nitrogens is 3. The summed E-state index contributed by atoms with van der Waals surface area (Å²) in [6.45, 7) is 0.823. The second-order valence-corrected chi connectivity index (χ2v) is 9.44. The van der Waals surface area contributed by atoms with Gasteiger partial charge in [0.05, 0.1) is 22.9 Å². The third-order valence-electron chi connectivity index (χ3n) is 6.90. The summed E-state index contributed by atoms with van der Waals surface area (Å²) in [6, 6.07) is 21.9. The van der Waals surface area contributed by atoms with E-state index >= 15 is 0 Å². The van der Waals surface area contributed by atoms with E-state index < -0.39 is 0 Å². The molecule has 7 heteroatoms. The van der Waals surface area contributed by atoms with Crippen LogP contribution in [0.2, 0.25) is 0 Å². The van der Waals surface area contributed by atoms with Gasteiger partial charge in [0, 0.05) is 24.1 Å². The zero-order chi connectivity index (χ0) is 24.1. The number of benzene rings is 3. The molecule has 36 heavy (non-hydrogen) atoms. The van der Waals surface area contributed by atoms with Crippen LogP contribution in [-0.4, -0.2) is 26.9 Å². The van der Waals surface area contributed by atoms with Gasteiger partial charge in [0.25, 0.3) is 0 Å². The smallest absolute Gasteiger partial charge is 0.231 e. The van der Waals surface area contributed by atoms with Crippen LogP contribution in [-0.2, 0) is 6.54 Å². The molecule has 1 N–H and O–H groups in total. The molecule has 0 bridgehead atoms. The van der Waals surface area contributed by atoms with Gasteiger partial charge in [0.1, 0.15) is 0 Å². The molecule has 1 aliphatic heterocycles. The van der Waals surface area contributed by atoms with Crippen molar-refractivity contribution >= 4 is 28.3 Å². The number of imidazole rings is 1. The first-order valence-corrected chi connectivity index (χ1v) is 12.3. The molecular weight excluding hydrogens is 452 g/mol. The van der Waals surface area contributed by atoms with Gasteiger partial charge >= 0.3 is 0 Å². The van der Waals surface area contributed by atoms with Crippen LogP contribution in [0.15, 0.2) is 72.9 Å². The van der Waals surface area contributed by atoms with Crippen LogP contribution in [0.5, 0.6) is 11.5 Å². The van der Waals surface area contributed by atoms with E-state index in [4.69, 9.17) is 19.4 Å². The van der Waals surface area contributed by atoms with E-state index in [0.717, 1.165) is 50.6 Å². The Morgan fingerprint density at radius 1 is 1.00 bits per heavy atom. The second kappa shape index (κ2) is 8.37. The van der Waals surface area contributed by atoms with Gasteiger partial charge in [-0.3, -0.25) is 9.20 Å². The summed E-state index contributed by atoms with van der Waals surface area (Å²) in [6.07, 6.45) is 4.88. The van der Waals surface area contributed by atoms with Gasteiger partial charge in [-0.15, -0.1) is 0 Å². The number of ether oxygens (including phenoxy) is 2. The standard InChI is InChI=1S/C29H24N4O3/c34-25(13-18-5-6-18)21-10-8-20(9-11-21)24-16-31-29-28(32-22-3-1-2-4-23(22)33(24)29)30-15-19-7-12-26-27(14-19)36-17-35-26/h1-4,7-12,14,16,18H,5-6,13,15,17H2,(H,30,32). The molecule has 7 rings (SSSR count). The van der Waals surface area contributed by atoms with Crippen molar-refractivity contribution in [1.29, 1.82) is 0 Å². The Labute approximate surface area is 207 Å². The maximum Gasteiger partial charge on any atom is 0.231 e. The predicted octanol–water partition coefficient (Wildman–Crippen LogP) is 5.87. The lowest BCUT2D eigenvalue weighted by Gasteiger charge is -2.12. The molecular formula is C29H24N4O3. The lowest BCUT2D eigenvalue weighted by atomic mass is 10.0. The molecule has 1 fully saturated rings. The van der Waals surface area contributed by atoms with E-state index in [1.165, 1.54) is 12.8 Å². The number of Topliss-reactive ketones (excluding diaryl/α,β-unsaturated/α-hetero) is 1. The van der Waals surface area contributed by atoms with Crippen LogP contribution >= 0.6 is 0 Å². The molecule has 0 unspecified atom stereocenters. The molecule has 2 aliphatic rings. The molecule has 1 saturated carbocycles. The highest BCUT2D eigenvalue weighted by Crippen LogP contribution is 2.35. The second-order valence-electron chi connectivity index (χ2n) is 9.44. The number of fused-ring (bicyclic) bond motifs is 4. The van der Waals surface area contributed by atoms with Crippen molar-refractivity contribution in [3.8, 4) is 22.8 Å². The third kappa shape index (κ3) is 3.73. The molecule has 0 atom stereocenters. The fourth-order valence-corrected chi connectivity index (χ4v) is 4.77. The van der Waals surface area contributed by atoms with Crippen LogP contribution in [0.25, 0.3) is 27.9 Å². The van der Waals surface area contributed by atoms with Crippen LogP contribution < -0.4 is 14.8 Å². The Kier molecular flexibility index (Phi) is 4.87. The summed E-state index contributed by atoms with van der Waals surface area (Å²) >= 11 is 0. The fraction of sp³-hybridized carbons (Fsp3) is 0.207. The number of nitrogens with one attached hydrogen (secondary N) is 1. The monoisotopic (exact) mass is 476 g/mol. The summed E-state index contributed by atoms with van der Waals surface area (Å²) in [5.41, 5.74) is 6.39. The van der Waals surface area contributed by atoms with Crippen molar-refractivity contribution in [2.24, 2.45) is 5.92 Å². The van der Waals surface area contributed by atoms with E-state index in [2.05, 4.69) is 15.8 Å². The van der Waals surface area contributed by atoms with E-state index in [9.17, 15) is 4.79 Å². The molecule has 1 aliphatic carbocycles. The normalized spacial score (nSPS) is 14.4. The number of carbonyl (C=O) groups excluding carboxylic acids is 1.